The van der Waals surface area contributed by atoms with Gasteiger partial charge in [0.2, 0.25) is 5.88 Å². The number of imidazole rings is 1. The Kier molecular flexibility index (Phi) is 6.67. The van der Waals surface area contributed by atoms with Gasteiger partial charge in [-0.2, -0.15) is 27.1 Å². The average Bonchev–Trinajstić information content (AvgIpc) is 3.51. The van der Waals surface area contributed by atoms with Gasteiger partial charge in [0.05, 0.1) is 28.7 Å². The van der Waals surface area contributed by atoms with Crippen molar-refractivity contribution in [1.29, 1.82) is 0 Å². The third-order valence-electron chi connectivity index (χ3n) is 7.19. The minimum Gasteiger partial charge on any atom is -0.416 e. The number of hydrogen-bond donors (Lipinski definition) is 1. The zero-order chi connectivity index (χ0) is 28.0. The van der Waals surface area contributed by atoms with Crippen LogP contribution in [0.3, 0.4) is 0 Å². The zero-order valence-corrected chi connectivity index (χ0v) is 21.5. The molecule has 0 bridgehead atoms. The molecule has 1 N–H and O–H groups in total. The fourth-order valence-corrected chi connectivity index (χ4v) is 5.16. The van der Waals surface area contributed by atoms with Crippen LogP contribution in [0.1, 0.15) is 61.6 Å². The molecule has 2 aliphatic rings. The van der Waals surface area contributed by atoms with E-state index in [-0.39, 0.29) is 23.7 Å². The van der Waals surface area contributed by atoms with E-state index in [4.69, 9.17) is 9.84 Å². The van der Waals surface area contributed by atoms with Crippen LogP contribution < -0.4 is 10.1 Å². The summed E-state index contributed by atoms with van der Waals surface area (Å²) in [5, 5.41) is 8.20. The standard InChI is InChI=1S/C27H26F5N7O/c1-2-38-13-21(27(30,31)32)36-24(38)16-7-9-17(10-8-16)35-18-4-3-11-39-20(18)12-19(37-39)22-23(15-5-6-15)33-14-34-25(22)40-26(28)29/h7-10,12-15,18,26,35H,2-6,11H2,1H3. The van der Waals surface area contributed by atoms with Gasteiger partial charge in [-0.1, -0.05) is 0 Å². The summed E-state index contributed by atoms with van der Waals surface area (Å²) in [6.07, 6.45) is 1.24. The van der Waals surface area contributed by atoms with Gasteiger partial charge >= 0.3 is 12.8 Å². The molecule has 13 heteroatoms. The van der Waals surface area contributed by atoms with Crippen molar-refractivity contribution in [1.82, 2.24) is 29.3 Å². The van der Waals surface area contributed by atoms with E-state index >= 15 is 0 Å². The van der Waals surface area contributed by atoms with E-state index in [1.54, 1.807) is 31.2 Å². The molecule has 4 aromatic rings. The molecule has 6 rings (SSSR count). The number of hydrogen-bond acceptors (Lipinski definition) is 6. The molecule has 1 aliphatic carbocycles. The van der Waals surface area contributed by atoms with Crippen LogP contribution in [0.15, 0.2) is 42.9 Å². The molecule has 210 valence electrons. The molecule has 4 heterocycles. The van der Waals surface area contributed by atoms with Gasteiger partial charge in [0.15, 0.2) is 5.69 Å². The molecule has 40 heavy (non-hydrogen) atoms. The molecule has 0 saturated heterocycles. The van der Waals surface area contributed by atoms with Gasteiger partial charge < -0.3 is 14.6 Å². The van der Waals surface area contributed by atoms with Crippen LogP contribution in [0, 0.1) is 0 Å². The second-order valence-corrected chi connectivity index (χ2v) is 9.92. The number of nitrogens with zero attached hydrogens (tertiary/aromatic N) is 6. The molecule has 0 radical (unpaired) electrons. The second-order valence-electron chi connectivity index (χ2n) is 9.92. The van der Waals surface area contributed by atoms with Gasteiger partial charge in [0.1, 0.15) is 12.2 Å². The van der Waals surface area contributed by atoms with Gasteiger partial charge in [-0.05, 0) is 62.9 Å². The van der Waals surface area contributed by atoms with Crippen molar-refractivity contribution in [2.45, 2.75) is 70.4 Å². The topological polar surface area (TPSA) is 82.7 Å². The summed E-state index contributed by atoms with van der Waals surface area (Å²) in [6, 6.07) is 8.82. The SMILES string of the molecule is CCn1cc(C(F)(F)F)nc1-c1ccc(NC2CCCn3nc(-c4c(OC(F)F)ncnc4C4CC4)cc32)cc1. The first kappa shape index (κ1) is 26.2. The number of anilines is 1. The predicted molar refractivity (Wildman–Crippen MR) is 136 cm³/mol. The number of halogens is 5. The summed E-state index contributed by atoms with van der Waals surface area (Å²) in [7, 11) is 0. The highest BCUT2D eigenvalue weighted by Gasteiger charge is 2.35. The lowest BCUT2D eigenvalue weighted by molar-refractivity contribution is -0.140. The Morgan fingerprint density at radius 2 is 1.88 bits per heavy atom. The Hall–Kier alpha value is -4.03. The summed E-state index contributed by atoms with van der Waals surface area (Å²) in [4.78, 5) is 12.2. The van der Waals surface area contributed by atoms with Crippen LogP contribution >= 0.6 is 0 Å². The summed E-state index contributed by atoms with van der Waals surface area (Å²) >= 11 is 0. The maximum Gasteiger partial charge on any atom is 0.434 e. The molecular formula is C27H26F5N7O. The summed E-state index contributed by atoms with van der Waals surface area (Å²) < 4.78 is 74.0. The minimum atomic E-state index is -4.52. The molecule has 1 aromatic carbocycles. The van der Waals surface area contributed by atoms with Crippen LogP contribution in [0.2, 0.25) is 0 Å². The van der Waals surface area contributed by atoms with Crippen LogP contribution in [0.5, 0.6) is 5.88 Å². The largest absolute Gasteiger partial charge is 0.434 e. The number of aromatic nitrogens is 6. The number of fused-ring (bicyclic) bond motifs is 1. The maximum atomic E-state index is 13.2. The first-order valence-electron chi connectivity index (χ1n) is 13.1. The van der Waals surface area contributed by atoms with Crippen molar-refractivity contribution in [3.05, 3.63) is 59.9 Å². The number of ether oxygens (including phenoxy) is 1. The molecule has 1 unspecified atom stereocenters. The van der Waals surface area contributed by atoms with E-state index in [1.807, 2.05) is 10.7 Å². The number of nitrogens with one attached hydrogen (secondary N) is 1. The van der Waals surface area contributed by atoms with Gasteiger partial charge in [-0.15, -0.1) is 0 Å². The summed E-state index contributed by atoms with van der Waals surface area (Å²) in [6.45, 7) is -0.234. The molecular weight excluding hydrogens is 533 g/mol. The van der Waals surface area contributed by atoms with Gasteiger partial charge in [0, 0.05) is 36.5 Å². The highest BCUT2D eigenvalue weighted by Crippen LogP contribution is 2.46. The molecule has 1 atom stereocenters. The first-order valence-corrected chi connectivity index (χ1v) is 13.1. The predicted octanol–water partition coefficient (Wildman–Crippen LogP) is 6.67. The van der Waals surface area contributed by atoms with Crippen molar-refractivity contribution in [3.8, 4) is 28.5 Å². The van der Waals surface area contributed by atoms with Gasteiger partial charge in [0.25, 0.3) is 0 Å². The Bertz CT molecular complexity index is 1510. The Morgan fingerprint density at radius 1 is 1.10 bits per heavy atom. The van der Waals surface area contributed by atoms with E-state index in [1.165, 1.54) is 10.9 Å². The number of benzene rings is 1. The van der Waals surface area contributed by atoms with Crippen molar-refractivity contribution in [2.75, 3.05) is 5.32 Å². The Morgan fingerprint density at radius 3 is 2.55 bits per heavy atom. The van der Waals surface area contributed by atoms with E-state index in [0.717, 1.165) is 43.3 Å². The fraction of sp³-hybridized carbons (Fsp3) is 0.407. The fourth-order valence-electron chi connectivity index (χ4n) is 5.16. The number of rotatable bonds is 8. The third kappa shape index (κ3) is 5.11. The number of aryl methyl sites for hydroxylation is 2. The van der Waals surface area contributed by atoms with E-state index in [9.17, 15) is 22.0 Å². The molecule has 3 aromatic heterocycles. The van der Waals surface area contributed by atoms with Crippen molar-refractivity contribution in [2.24, 2.45) is 0 Å². The molecule has 1 fully saturated rings. The van der Waals surface area contributed by atoms with Gasteiger partial charge in [-0.25, -0.2) is 15.0 Å². The lowest BCUT2D eigenvalue weighted by Gasteiger charge is -2.25. The molecule has 1 aliphatic heterocycles. The highest BCUT2D eigenvalue weighted by molar-refractivity contribution is 5.69. The molecule has 0 amide bonds. The van der Waals surface area contributed by atoms with E-state index < -0.39 is 18.5 Å². The van der Waals surface area contributed by atoms with Gasteiger partial charge in [-0.3, -0.25) is 4.68 Å². The normalized spacial score (nSPS) is 17.2. The monoisotopic (exact) mass is 559 g/mol. The Labute approximate surface area is 226 Å². The third-order valence-corrected chi connectivity index (χ3v) is 7.19. The lowest BCUT2D eigenvalue weighted by atomic mass is 10.0. The molecule has 8 nitrogen and oxygen atoms in total. The first-order chi connectivity index (χ1) is 19.2. The smallest absolute Gasteiger partial charge is 0.416 e. The second kappa shape index (κ2) is 10.2. The Balaban J connectivity index is 1.27. The summed E-state index contributed by atoms with van der Waals surface area (Å²) in [5.74, 6) is 0.237. The number of alkyl halides is 5. The van der Waals surface area contributed by atoms with Crippen molar-refractivity contribution < 1.29 is 26.7 Å². The van der Waals surface area contributed by atoms with Crippen molar-refractivity contribution in [3.63, 3.8) is 0 Å². The van der Waals surface area contributed by atoms with Crippen LogP contribution in [0.4, 0.5) is 27.6 Å². The molecule has 0 spiro atoms. The molecule has 1 saturated carbocycles. The maximum absolute atomic E-state index is 13.2. The lowest BCUT2D eigenvalue weighted by Crippen LogP contribution is -2.21. The van der Waals surface area contributed by atoms with E-state index in [0.29, 0.717) is 35.6 Å². The van der Waals surface area contributed by atoms with Crippen molar-refractivity contribution >= 4 is 5.69 Å². The van der Waals surface area contributed by atoms with Crippen LogP contribution in [-0.2, 0) is 19.3 Å². The van der Waals surface area contributed by atoms with Crippen LogP contribution in [-0.4, -0.2) is 35.9 Å². The zero-order valence-electron chi connectivity index (χ0n) is 21.5. The van der Waals surface area contributed by atoms with Crippen LogP contribution in [0.25, 0.3) is 22.6 Å². The van der Waals surface area contributed by atoms with E-state index in [2.05, 4.69) is 20.3 Å². The quantitative estimate of drug-likeness (QED) is 0.243. The summed E-state index contributed by atoms with van der Waals surface area (Å²) in [5.41, 5.74) is 2.87. The highest BCUT2D eigenvalue weighted by atomic mass is 19.4. The average molecular weight is 560 g/mol. The minimum absolute atomic E-state index is 0.121.